The Labute approximate surface area is 155 Å². The Balaban J connectivity index is 1.53. The summed E-state index contributed by atoms with van der Waals surface area (Å²) in [6.07, 6.45) is 5.46. The summed E-state index contributed by atoms with van der Waals surface area (Å²) in [5.74, 6) is -0.219. The van der Waals surface area contributed by atoms with Gasteiger partial charge in [-0.25, -0.2) is 4.98 Å². The van der Waals surface area contributed by atoms with E-state index in [4.69, 9.17) is 9.15 Å². The molecule has 6 nitrogen and oxygen atoms in total. The number of aryl methyl sites for hydroxylation is 1. The van der Waals surface area contributed by atoms with Gasteiger partial charge in [0.05, 0.1) is 23.6 Å². The Morgan fingerprint density at radius 1 is 1.46 bits per heavy atom. The number of nitrogens with one attached hydrogen (secondary N) is 1. The first-order valence-corrected chi connectivity index (χ1v) is 9.57. The van der Waals surface area contributed by atoms with Gasteiger partial charge in [-0.2, -0.15) is 0 Å². The molecule has 1 fully saturated rings. The first kappa shape index (κ1) is 17.1. The van der Waals surface area contributed by atoms with E-state index in [2.05, 4.69) is 34.8 Å². The van der Waals surface area contributed by atoms with Crippen molar-refractivity contribution in [1.29, 1.82) is 0 Å². The number of thiazole rings is 1. The molecule has 0 radical (unpaired) electrons. The Morgan fingerprint density at radius 3 is 3.08 bits per heavy atom. The predicted molar refractivity (Wildman–Crippen MR) is 101 cm³/mol. The third-order valence-corrected chi connectivity index (χ3v) is 5.53. The molecule has 1 aliphatic rings. The average Bonchev–Trinajstić information content (AvgIpc) is 3.40. The maximum atomic E-state index is 12.1. The van der Waals surface area contributed by atoms with Crippen molar-refractivity contribution in [3.05, 3.63) is 47.0 Å². The van der Waals surface area contributed by atoms with Crippen molar-refractivity contribution < 1.29 is 13.9 Å². The molecule has 3 aromatic rings. The van der Waals surface area contributed by atoms with Gasteiger partial charge in [0.25, 0.3) is 5.91 Å². The molecule has 0 bridgehead atoms. The van der Waals surface area contributed by atoms with Crippen molar-refractivity contribution in [3.8, 4) is 11.3 Å². The van der Waals surface area contributed by atoms with Gasteiger partial charge >= 0.3 is 0 Å². The van der Waals surface area contributed by atoms with Gasteiger partial charge in [-0.1, -0.05) is 0 Å². The summed E-state index contributed by atoms with van der Waals surface area (Å²) in [4.78, 5) is 16.7. The highest BCUT2D eigenvalue weighted by molar-refractivity contribution is 7.14. The molecule has 0 spiro atoms. The molecule has 7 heteroatoms. The first-order valence-electron chi connectivity index (χ1n) is 8.69. The van der Waals surface area contributed by atoms with Gasteiger partial charge in [-0.05, 0) is 38.8 Å². The van der Waals surface area contributed by atoms with E-state index in [1.807, 2.05) is 5.38 Å². The van der Waals surface area contributed by atoms with E-state index in [1.54, 1.807) is 6.07 Å². The standard InChI is InChI=1S/C19H21N3O3S/c1-12-8-16(13(2)22(12)9-15-4-3-6-25-15)17-11-26-19(20-17)21-18(23)14-5-7-24-10-14/h5,7-8,10-11,15H,3-4,6,9H2,1-2H3,(H,20,21,23). The lowest BCUT2D eigenvalue weighted by Gasteiger charge is -2.14. The van der Waals surface area contributed by atoms with Crippen molar-refractivity contribution >= 4 is 22.4 Å². The molecule has 1 amide bonds. The Bertz CT molecular complexity index is 905. The van der Waals surface area contributed by atoms with Crippen LogP contribution in [0.5, 0.6) is 0 Å². The van der Waals surface area contributed by atoms with Crippen LogP contribution in [0.2, 0.25) is 0 Å². The highest BCUT2D eigenvalue weighted by Gasteiger charge is 2.20. The highest BCUT2D eigenvalue weighted by atomic mass is 32.1. The zero-order valence-electron chi connectivity index (χ0n) is 14.8. The average molecular weight is 371 g/mol. The maximum Gasteiger partial charge on any atom is 0.260 e. The summed E-state index contributed by atoms with van der Waals surface area (Å²) in [7, 11) is 0. The number of amides is 1. The molecule has 0 saturated carbocycles. The van der Waals surface area contributed by atoms with Crippen molar-refractivity contribution in [2.75, 3.05) is 11.9 Å². The number of rotatable bonds is 5. The smallest absolute Gasteiger partial charge is 0.260 e. The van der Waals surface area contributed by atoms with Crippen LogP contribution < -0.4 is 5.32 Å². The van der Waals surface area contributed by atoms with Gasteiger partial charge in [0.15, 0.2) is 5.13 Å². The lowest BCUT2D eigenvalue weighted by atomic mass is 10.2. The van der Waals surface area contributed by atoms with Crippen molar-refractivity contribution in [2.45, 2.75) is 39.3 Å². The third-order valence-electron chi connectivity index (χ3n) is 4.77. The second kappa shape index (κ2) is 7.09. The van der Waals surface area contributed by atoms with Gasteiger partial charge in [0.1, 0.15) is 6.26 Å². The minimum absolute atomic E-state index is 0.219. The van der Waals surface area contributed by atoms with Crippen LogP contribution in [-0.4, -0.2) is 28.2 Å². The van der Waals surface area contributed by atoms with Gasteiger partial charge in [-0.3, -0.25) is 10.1 Å². The fourth-order valence-corrected chi connectivity index (χ4v) is 4.06. The van der Waals surface area contributed by atoms with Gasteiger partial charge in [0, 0.05) is 35.5 Å². The minimum Gasteiger partial charge on any atom is -0.472 e. The number of ether oxygens (including phenoxy) is 1. The molecule has 4 heterocycles. The molecule has 3 aromatic heterocycles. The molecule has 26 heavy (non-hydrogen) atoms. The summed E-state index contributed by atoms with van der Waals surface area (Å²) in [6.45, 7) is 5.97. The number of carbonyl (C=O) groups is 1. The molecule has 0 aliphatic carbocycles. The quantitative estimate of drug-likeness (QED) is 0.728. The lowest BCUT2D eigenvalue weighted by molar-refractivity contribution is 0.0962. The second-order valence-corrected chi connectivity index (χ2v) is 7.39. The van der Waals surface area contributed by atoms with E-state index < -0.39 is 0 Å². The summed E-state index contributed by atoms with van der Waals surface area (Å²) in [5, 5.41) is 5.37. The predicted octanol–water partition coefficient (Wildman–Crippen LogP) is 4.25. The van der Waals surface area contributed by atoms with Crippen LogP contribution in [0.3, 0.4) is 0 Å². The van der Waals surface area contributed by atoms with Crippen LogP contribution in [-0.2, 0) is 11.3 Å². The van der Waals surface area contributed by atoms with Gasteiger partial charge in [0.2, 0.25) is 0 Å². The van der Waals surface area contributed by atoms with E-state index in [9.17, 15) is 4.79 Å². The summed E-state index contributed by atoms with van der Waals surface area (Å²) in [5.41, 5.74) is 4.84. The number of furan rings is 1. The molecule has 0 aromatic carbocycles. The van der Waals surface area contributed by atoms with E-state index in [0.717, 1.165) is 37.3 Å². The van der Waals surface area contributed by atoms with Crippen molar-refractivity contribution in [1.82, 2.24) is 9.55 Å². The first-order chi connectivity index (χ1) is 12.6. The molecule has 1 N–H and O–H groups in total. The highest BCUT2D eigenvalue weighted by Crippen LogP contribution is 2.31. The van der Waals surface area contributed by atoms with Crippen LogP contribution in [0.1, 0.15) is 34.6 Å². The monoisotopic (exact) mass is 371 g/mol. The van der Waals surface area contributed by atoms with E-state index >= 15 is 0 Å². The number of hydrogen-bond acceptors (Lipinski definition) is 5. The number of carbonyl (C=O) groups excluding carboxylic acids is 1. The van der Waals surface area contributed by atoms with Crippen LogP contribution in [0.4, 0.5) is 5.13 Å². The van der Waals surface area contributed by atoms with E-state index in [-0.39, 0.29) is 5.91 Å². The van der Waals surface area contributed by atoms with Crippen molar-refractivity contribution in [2.24, 2.45) is 0 Å². The fourth-order valence-electron chi connectivity index (χ4n) is 3.35. The largest absolute Gasteiger partial charge is 0.472 e. The van der Waals surface area contributed by atoms with Gasteiger partial charge < -0.3 is 13.7 Å². The molecule has 4 rings (SSSR count). The molecular weight excluding hydrogens is 350 g/mol. The van der Waals surface area contributed by atoms with Crippen molar-refractivity contribution in [3.63, 3.8) is 0 Å². The second-order valence-electron chi connectivity index (χ2n) is 6.53. The molecule has 1 aliphatic heterocycles. The Hall–Kier alpha value is -2.38. The number of aromatic nitrogens is 2. The summed E-state index contributed by atoms with van der Waals surface area (Å²) >= 11 is 1.42. The minimum atomic E-state index is -0.219. The molecule has 1 saturated heterocycles. The van der Waals surface area contributed by atoms with Gasteiger partial charge in [-0.15, -0.1) is 11.3 Å². The summed E-state index contributed by atoms with van der Waals surface area (Å²) in [6, 6.07) is 3.78. The normalized spacial score (nSPS) is 16.9. The van der Waals surface area contributed by atoms with E-state index in [1.165, 1.54) is 35.3 Å². The molecular formula is C19H21N3O3S. The zero-order chi connectivity index (χ0) is 18.1. The Kier molecular flexibility index (Phi) is 4.65. The zero-order valence-corrected chi connectivity index (χ0v) is 15.6. The molecule has 1 atom stereocenters. The van der Waals surface area contributed by atoms with Crippen LogP contribution in [0.15, 0.2) is 34.5 Å². The van der Waals surface area contributed by atoms with Crippen LogP contribution >= 0.6 is 11.3 Å². The number of hydrogen-bond donors (Lipinski definition) is 1. The Morgan fingerprint density at radius 2 is 2.35 bits per heavy atom. The molecule has 1 unspecified atom stereocenters. The third kappa shape index (κ3) is 3.32. The SMILES string of the molecule is Cc1cc(-c2csc(NC(=O)c3ccoc3)n2)c(C)n1CC1CCCO1. The number of anilines is 1. The van der Waals surface area contributed by atoms with E-state index in [0.29, 0.717) is 16.8 Å². The summed E-state index contributed by atoms with van der Waals surface area (Å²) < 4.78 is 13.0. The van der Waals surface area contributed by atoms with Crippen LogP contribution in [0, 0.1) is 13.8 Å². The topological polar surface area (TPSA) is 69.3 Å². The lowest BCUT2D eigenvalue weighted by Crippen LogP contribution is -2.16. The number of nitrogens with zero attached hydrogens (tertiary/aromatic N) is 2. The maximum absolute atomic E-state index is 12.1. The fraction of sp³-hybridized carbons (Fsp3) is 0.368. The van der Waals surface area contributed by atoms with Crippen LogP contribution in [0.25, 0.3) is 11.3 Å². The molecule has 136 valence electrons.